The van der Waals surface area contributed by atoms with Gasteiger partial charge in [0, 0.05) is 18.1 Å². The third-order valence-corrected chi connectivity index (χ3v) is 2.95. The number of benzene rings is 1. The summed E-state index contributed by atoms with van der Waals surface area (Å²) < 4.78 is 0. The number of pyridine rings is 1. The summed E-state index contributed by atoms with van der Waals surface area (Å²) in [5, 5.41) is 7.02. The highest BCUT2D eigenvalue weighted by atomic mass is 16.2. The highest BCUT2D eigenvalue weighted by Crippen LogP contribution is 2.14. The van der Waals surface area contributed by atoms with Gasteiger partial charge in [0.2, 0.25) is 0 Å². The predicted octanol–water partition coefficient (Wildman–Crippen LogP) is 2.21. The summed E-state index contributed by atoms with van der Waals surface area (Å²) in [7, 11) is 0. The largest absolute Gasteiger partial charge is 0.376 e. The van der Waals surface area contributed by atoms with E-state index in [0.29, 0.717) is 0 Å². The van der Waals surface area contributed by atoms with E-state index in [2.05, 4.69) is 27.8 Å². The van der Waals surface area contributed by atoms with E-state index >= 15 is 0 Å². The molecule has 108 valence electrons. The van der Waals surface area contributed by atoms with Gasteiger partial charge in [0.25, 0.3) is 5.91 Å². The Balaban J connectivity index is 1.81. The Bertz CT molecular complexity index is 611. The fourth-order valence-corrected chi connectivity index (χ4v) is 1.84. The average Bonchev–Trinajstić information content (AvgIpc) is 2.54. The van der Waals surface area contributed by atoms with Crippen molar-refractivity contribution in [2.45, 2.75) is 13.3 Å². The quantitative estimate of drug-likeness (QED) is 0.630. The molecule has 5 nitrogen and oxygen atoms in total. The Morgan fingerprint density at radius 3 is 2.76 bits per heavy atom. The van der Waals surface area contributed by atoms with Crippen LogP contribution < -0.4 is 10.7 Å². The zero-order chi connectivity index (χ0) is 14.9. The van der Waals surface area contributed by atoms with E-state index in [9.17, 15) is 4.79 Å². The molecule has 0 aliphatic rings. The van der Waals surface area contributed by atoms with Crippen LogP contribution in [0, 0.1) is 0 Å². The third kappa shape index (κ3) is 4.72. The number of nitrogens with zero attached hydrogens (tertiary/aromatic N) is 2. The average molecular weight is 282 g/mol. The monoisotopic (exact) mass is 282 g/mol. The zero-order valence-electron chi connectivity index (χ0n) is 11.9. The molecule has 0 unspecified atom stereocenters. The van der Waals surface area contributed by atoms with Crippen molar-refractivity contribution in [2.75, 3.05) is 11.9 Å². The number of nitrogens with one attached hydrogen (secondary N) is 2. The van der Waals surface area contributed by atoms with Crippen molar-refractivity contribution in [1.29, 1.82) is 0 Å². The van der Waals surface area contributed by atoms with Gasteiger partial charge < -0.3 is 5.32 Å². The van der Waals surface area contributed by atoms with Gasteiger partial charge in [-0.05, 0) is 35.7 Å². The number of para-hydroxylation sites is 1. The predicted molar refractivity (Wildman–Crippen MR) is 84.3 cm³/mol. The van der Waals surface area contributed by atoms with Crippen molar-refractivity contribution in [3.05, 3.63) is 59.9 Å². The Kier molecular flexibility index (Phi) is 5.46. The van der Waals surface area contributed by atoms with Crippen LogP contribution in [0.4, 0.5) is 5.69 Å². The SMILES string of the molecule is CCc1ccccc1NCC(=O)N/N=C/c1ccncc1. The van der Waals surface area contributed by atoms with Gasteiger partial charge in [-0.2, -0.15) is 5.10 Å². The van der Waals surface area contributed by atoms with Crippen LogP contribution in [-0.4, -0.2) is 23.7 Å². The fourth-order valence-electron chi connectivity index (χ4n) is 1.84. The first kappa shape index (κ1) is 14.7. The normalized spacial score (nSPS) is 10.5. The van der Waals surface area contributed by atoms with Crippen molar-refractivity contribution >= 4 is 17.8 Å². The summed E-state index contributed by atoms with van der Waals surface area (Å²) in [6.45, 7) is 2.27. The van der Waals surface area contributed by atoms with Crippen LogP contribution in [0.1, 0.15) is 18.1 Å². The number of rotatable bonds is 6. The van der Waals surface area contributed by atoms with E-state index < -0.39 is 0 Å². The number of hydrazone groups is 1. The van der Waals surface area contributed by atoms with Gasteiger partial charge >= 0.3 is 0 Å². The van der Waals surface area contributed by atoms with Gasteiger partial charge in [-0.25, -0.2) is 5.43 Å². The summed E-state index contributed by atoms with van der Waals surface area (Å²) in [6.07, 6.45) is 5.85. The lowest BCUT2D eigenvalue weighted by Gasteiger charge is -2.09. The van der Waals surface area contributed by atoms with Gasteiger partial charge in [-0.15, -0.1) is 0 Å². The fraction of sp³-hybridized carbons (Fsp3) is 0.188. The molecule has 0 aliphatic heterocycles. The Morgan fingerprint density at radius 1 is 1.24 bits per heavy atom. The standard InChI is InChI=1S/C16H18N4O/c1-2-14-5-3-4-6-15(14)18-12-16(21)20-19-11-13-7-9-17-10-8-13/h3-11,18H,2,12H2,1H3,(H,20,21)/b19-11+. The Labute approximate surface area is 124 Å². The number of carbonyl (C=O) groups is 1. The number of amides is 1. The first-order valence-corrected chi connectivity index (χ1v) is 6.83. The lowest BCUT2D eigenvalue weighted by molar-refractivity contribution is -0.119. The molecule has 0 aliphatic carbocycles. The third-order valence-electron chi connectivity index (χ3n) is 2.95. The number of hydrogen-bond acceptors (Lipinski definition) is 4. The summed E-state index contributed by atoms with van der Waals surface area (Å²) in [4.78, 5) is 15.6. The maximum atomic E-state index is 11.7. The summed E-state index contributed by atoms with van der Waals surface area (Å²) >= 11 is 0. The number of anilines is 1. The molecular weight excluding hydrogens is 264 g/mol. The van der Waals surface area contributed by atoms with Crippen LogP contribution in [0.5, 0.6) is 0 Å². The molecular formula is C16H18N4O. The van der Waals surface area contributed by atoms with Gasteiger partial charge in [0.05, 0.1) is 12.8 Å². The molecule has 5 heteroatoms. The molecule has 1 aromatic carbocycles. The molecule has 1 aromatic heterocycles. The van der Waals surface area contributed by atoms with E-state index in [1.165, 1.54) is 5.56 Å². The minimum Gasteiger partial charge on any atom is -0.376 e. The van der Waals surface area contributed by atoms with E-state index in [1.807, 2.05) is 36.4 Å². The first-order valence-electron chi connectivity index (χ1n) is 6.83. The topological polar surface area (TPSA) is 66.4 Å². The van der Waals surface area contributed by atoms with E-state index in [4.69, 9.17) is 0 Å². The van der Waals surface area contributed by atoms with Crippen molar-refractivity contribution in [3.8, 4) is 0 Å². The molecule has 0 bridgehead atoms. The van der Waals surface area contributed by atoms with Gasteiger partial charge in [0.1, 0.15) is 0 Å². The van der Waals surface area contributed by atoms with Crippen LogP contribution in [-0.2, 0) is 11.2 Å². The maximum absolute atomic E-state index is 11.7. The second-order valence-electron chi connectivity index (χ2n) is 4.44. The lowest BCUT2D eigenvalue weighted by atomic mass is 10.1. The highest BCUT2D eigenvalue weighted by Gasteiger charge is 2.02. The van der Waals surface area contributed by atoms with E-state index in [1.54, 1.807) is 18.6 Å². The van der Waals surface area contributed by atoms with Crippen LogP contribution in [0.2, 0.25) is 0 Å². The molecule has 2 aromatic rings. The molecule has 2 N–H and O–H groups in total. The molecule has 1 heterocycles. The van der Waals surface area contributed by atoms with Crippen molar-refractivity contribution in [1.82, 2.24) is 10.4 Å². The maximum Gasteiger partial charge on any atom is 0.259 e. The second-order valence-corrected chi connectivity index (χ2v) is 4.44. The van der Waals surface area contributed by atoms with Crippen molar-refractivity contribution in [2.24, 2.45) is 5.10 Å². The lowest BCUT2D eigenvalue weighted by Crippen LogP contribution is -2.26. The molecule has 0 atom stereocenters. The second kappa shape index (κ2) is 7.79. The molecule has 0 spiro atoms. The minimum atomic E-state index is -0.189. The number of hydrogen-bond donors (Lipinski definition) is 2. The summed E-state index contributed by atoms with van der Waals surface area (Å²) in [6, 6.07) is 11.6. The number of carbonyl (C=O) groups excluding carboxylic acids is 1. The number of aryl methyl sites for hydroxylation is 1. The molecule has 0 fully saturated rings. The molecule has 2 rings (SSSR count). The molecule has 0 radical (unpaired) electrons. The Morgan fingerprint density at radius 2 is 2.00 bits per heavy atom. The van der Waals surface area contributed by atoms with Crippen LogP contribution in [0.3, 0.4) is 0 Å². The summed E-state index contributed by atoms with van der Waals surface area (Å²) in [5.74, 6) is -0.189. The van der Waals surface area contributed by atoms with Crippen LogP contribution >= 0.6 is 0 Å². The van der Waals surface area contributed by atoms with E-state index in [0.717, 1.165) is 17.7 Å². The smallest absolute Gasteiger partial charge is 0.259 e. The van der Waals surface area contributed by atoms with Gasteiger partial charge in [-0.3, -0.25) is 9.78 Å². The number of aromatic nitrogens is 1. The zero-order valence-corrected chi connectivity index (χ0v) is 11.9. The van der Waals surface area contributed by atoms with Gasteiger partial charge in [-0.1, -0.05) is 25.1 Å². The van der Waals surface area contributed by atoms with Gasteiger partial charge in [0.15, 0.2) is 0 Å². The molecule has 1 amide bonds. The highest BCUT2D eigenvalue weighted by molar-refractivity contribution is 5.84. The van der Waals surface area contributed by atoms with Crippen LogP contribution in [0.25, 0.3) is 0 Å². The van der Waals surface area contributed by atoms with E-state index in [-0.39, 0.29) is 12.5 Å². The first-order chi connectivity index (χ1) is 10.3. The van der Waals surface area contributed by atoms with Crippen molar-refractivity contribution < 1.29 is 4.79 Å². The molecule has 0 saturated heterocycles. The van der Waals surface area contributed by atoms with Crippen molar-refractivity contribution in [3.63, 3.8) is 0 Å². The Hall–Kier alpha value is -2.69. The van der Waals surface area contributed by atoms with Crippen LogP contribution in [0.15, 0.2) is 53.9 Å². The molecule has 0 saturated carbocycles. The minimum absolute atomic E-state index is 0.185. The molecule has 21 heavy (non-hydrogen) atoms. The summed E-state index contributed by atoms with van der Waals surface area (Å²) in [5.41, 5.74) is 5.54.